The third-order valence-electron chi connectivity index (χ3n) is 6.80. The second-order valence-corrected chi connectivity index (χ2v) is 10.8. The minimum absolute atomic E-state index is 0.0144. The van der Waals surface area contributed by atoms with Gasteiger partial charge in [-0.05, 0) is 23.7 Å². The first kappa shape index (κ1) is 28.8. The molecule has 0 radical (unpaired) electrons. The van der Waals surface area contributed by atoms with Gasteiger partial charge in [0.25, 0.3) is 0 Å². The van der Waals surface area contributed by atoms with Crippen LogP contribution < -0.4 is 10.6 Å². The van der Waals surface area contributed by atoms with Crippen molar-refractivity contribution >= 4 is 11.9 Å². The van der Waals surface area contributed by atoms with Gasteiger partial charge < -0.3 is 20.8 Å². The van der Waals surface area contributed by atoms with E-state index in [1.807, 2.05) is 0 Å². The molecule has 1 aliphatic rings. The number of hydrogen-bond acceptors (Lipinski definition) is 6. The van der Waals surface area contributed by atoms with E-state index in [2.05, 4.69) is 75.8 Å². The number of carboxylic acids is 2. The first-order chi connectivity index (χ1) is 14.8. The van der Waals surface area contributed by atoms with Gasteiger partial charge in [-0.2, -0.15) is 0 Å². The van der Waals surface area contributed by atoms with Crippen LogP contribution in [0.4, 0.5) is 0 Å². The van der Waals surface area contributed by atoms with Crippen LogP contribution in [0.5, 0.6) is 0 Å². The van der Waals surface area contributed by atoms with Gasteiger partial charge in [0.1, 0.15) is 0 Å². The molecule has 0 spiro atoms. The highest BCUT2D eigenvalue weighted by Gasteiger charge is 2.33. The van der Waals surface area contributed by atoms with E-state index in [9.17, 15) is 19.8 Å². The number of hydrogen-bond donors (Lipinski definition) is 4. The van der Waals surface area contributed by atoms with Gasteiger partial charge in [-0.15, -0.1) is 0 Å². The first-order valence-electron chi connectivity index (χ1n) is 12.2. The summed E-state index contributed by atoms with van der Waals surface area (Å²) in [6, 6.07) is 0.375. The molecule has 4 atom stereocenters. The zero-order valence-corrected chi connectivity index (χ0v) is 21.5. The van der Waals surface area contributed by atoms with Crippen LogP contribution in [0.25, 0.3) is 0 Å². The minimum Gasteiger partial charge on any atom is -0.480 e. The lowest BCUT2D eigenvalue weighted by Crippen LogP contribution is -2.60. The van der Waals surface area contributed by atoms with Gasteiger partial charge in [-0.1, -0.05) is 55.4 Å². The molecule has 1 saturated heterocycles. The summed E-state index contributed by atoms with van der Waals surface area (Å²) in [4.78, 5) is 27.6. The van der Waals surface area contributed by atoms with Gasteiger partial charge in [0.05, 0.1) is 13.1 Å². The maximum absolute atomic E-state index is 11.7. The molecule has 1 aliphatic heterocycles. The van der Waals surface area contributed by atoms with Crippen LogP contribution in [-0.4, -0.2) is 95.4 Å². The molecular formula is C24H48N4O4. The summed E-state index contributed by atoms with van der Waals surface area (Å²) >= 11 is 0. The molecule has 0 amide bonds. The highest BCUT2D eigenvalue weighted by Crippen LogP contribution is 2.19. The molecule has 0 unspecified atom stereocenters. The molecule has 0 saturated carbocycles. The molecule has 8 nitrogen and oxygen atoms in total. The topological polar surface area (TPSA) is 105 Å². The minimum atomic E-state index is -0.807. The van der Waals surface area contributed by atoms with Crippen molar-refractivity contribution in [3.8, 4) is 0 Å². The van der Waals surface area contributed by atoms with E-state index in [1.165, 1.54) is 0 Å². The van der Waals surface area contributed by atoms with E-state index in [-0.39, 0.29) is 49.1 Å². The Bertz CT molecular complexity index is 532. The van der Waals surface area contributed by atoms with Crippen LogP contribution in [-0.2, 0) is 9.59 Å². The second-order valence-electron chi connectivity index (χ2n) is 10.8. The zero-order valence-electron chi connectivity index (χ0n) is 21.5. The largest absolute Gasteiger partial charge is 0.480 e. The number of carbonyl (C=O) groups is 2. The molecule has 0 bridgehead atoms. The SMILES string of the molecule is CC(C)[C@H]1CN[C@@H](C(C)C)CN(CC(=O)O)[C@@H](C(C)C)CN[C@@H](C(C)C)CN1CC(=O)O. The fourth-order valence-corrected chi connectivity index (χ4v) is 4.63. The molecule has 0 aromatic rings. The molecule has 1 heterocycles. The number of nitrogens with one attached hydrogen (secondary N) is 2. The van der Waals surface area contributed by atoms with Crippen LogP contribution in [0.3, 0.4) is 0 Å². The van der Waals surface area contributed by atoms with Crippen LogP contribution in [0, 0.1) is 23.7 Å². The maximum Gasteiger partial charge on any atom is 0.317 e. The summed E-state index contributed by atoms with van der Waals surface area (Å²) in [5.74, 6) is -0.414. The maximum atomic E-state index is 11.7. The third kappa shape index (κ3) is 9.33. The number of aliphatic carboxylic acids is 2. The van der Waals surface area contributed by atoms with Crippen molar-refractivity contribution < 1.29 is 19.8 Å². The quantitative estimate of drug-likeness (QED) is 0.440. The van der Waals surface area contributed by atoms with Crippen LogP contribution in [0.2, 0.25) is 0 Å². The summed E-state index contributed by atoms with van der Waals surface area (Å²) in [5, 5.41) is 26.6. The Kier molecular flexibility index (Phi) is 12.1. The van der Waals surface area contributed by atoms with Gasteiger partial charge in [-0.25, -0.2) is 0 Å². The van der Waals surface area contributed by atoms with E-state index in [4.69, 9.17) is 0 Å². The van der Waals surface area contributed by atoms with Gasteiger partial charge in [0.15, 0.2) is 0 Å². The summed E-state index contributed by atoms with van der Waals surface area (Å²) < 4.78 is 0. The van der Waals surface area contributed by atoms with Gasteiger partial charge in [-0.3, -0.25) is 19.4 Å². The van der Waals surface area contributed by atoms with Crippen LogP contribution in [0.15, 0.2) is 0 Å². The summed E-state index contributed by atoms with van der Waals surface area (Å²) in [6.45, 7) is 19.8. The molecule has 4 N–H and O–H groups in total. The lowest BCUT2D eigenvalue weighted by atomic mass is 9.94. The van der Waals surface area contributed by atoms with E-state index < -0.39 is 11.9 Å². The average molecular weight is 457 g/mol. The molecule has 188 valence electrons. The van der Waals surface area contributed by atoms with E-state index in [0.717, 1.165) is 0 Å². The highest BCUT2D eigenvalue weighted by atomic mass is 16.4. The van der Waals surface area contributed by atoms with Crippen LogP contribution >= 0.6 is 0 Å². The number of carboxylic acid groups (broad SMARTS) is 2. The predicted octanol–water partition coefficient (Wildman–Crippen LogP) is 2.05. The molecule has 32 heavy (non-hydrogen) atoms. The van der Waals surface area contributed by atoms with Crippen molar-refractivity contribution in [3.05, 3.63) is 0 Å². The Morgan fingerprint density at radius 2 is 1.00 bits per heavy atom. The number of nitrogens with zero attached hydrogens (tertiary/aromatic N) is 2. The van der Waals surface area contributed by atoms with Crippen molar-refractivity contribution in [2.45, 2.75) is 79.6 Å². The first-order valence-corrected chi connectivity index (χ1v) is 12.2. The van der Waals surface area contributed by atoms with Crippen molar-refractivity contribution in [2.24, 2.45) is 23.7 Å². The standard InChI is InChI=1S/C24H48N4O4/c1-15(2)19-11-27(13-23(29)30)22(18(7)8)10-26-20(16(3)4)12-28(14-24(31)32)21(9-25-19)17(5)6/h15-22,25-26H,9-14H2,1-8H3,(H,29,30)(H,31,32)/t19-,20-,21-,22-/m1/s1. The smallest absolute Gasteiger partial charge is 0.317 e. The Labute approximate surface area is 195 Å². The zero-order chi connectivity index (χ0) is 24.6. The lowest BCUT2D eigenvalue weighted by Gasteiger charge is -2.42. The third-order valence-corrected chi connectivity index (χ3v) is 6.80. The second kappa shape index (κ2) is 13.5. The van der Waals surface area contributed by atoms with Gasteiger partial charge >= 0.3 is 11.9 Å². The van der Waals surface area contributed by atoms with Crippen molar-refractivity contribution in [1.29, 1.82) is 0 Å². The van der Waals surface area contributed by atoms with Crippen molar-refractivity contribution in [1.82, 2.24) is 20.4 Å². The fourth-order valence-electron chi connectivity index (χ4n) is 4.63. The Morgan fingerprint density at radius 1 is 0.688 bits per heavy atom. The molecular weight excluding hydrogens is 408 g/mol. The molecule has 1 rings (SSSR count). The summed E-state index contributed by atoms with van der Waals surface area (Å²) in [6.07, 6.45) is 0. The van der Waals surface area contributed by atoms with Gasteiger partial charge in [0.2, 0.25) is 0 Å². The Hall–Kier alpha value is -1.22. The molecule has 1 fully saturated rings. The van der Waals surface area contributed by atoms with E-state index in [0.29, 0.717) is 38.0 Å². The summed E-state index contributed by atoms with van der Waals surface area (Å²) in [5.41, 5.74) is 0. The van der Waals surface area contributed by atoms with Crippen molar-refractivity contribution in [3.63, 3.8) is 0 Å². The molecule has 8 heteroatoms. The molecule has 0 aromatic carbocycles. The van der Waals surface area contributed by atoms with Gasteiger partial charge in [0, 0.05) is 50.3 Å². The predicted molar refractivity (Wildman–Crippen MR) is 129 cm³/mol. The fraction of sp³-hybridized carbons (Fsp3) is 0.917. The Morgan fingerprint density at radius 3 is 1.22 bits per heavy atom. The molecule has 0 aromatic heterocycles. The normalized spacial score (nSPS) is 27.6. The van der Waals surface area contributed by atoms with Crippen molar-refractivity contribution in [2.75, 3.05) is 39.3 Å². The molecule has 0 aliphatic carbocycles. The monoisotopic (exact) mass is 456 g/mol. The van der Waals surface area contributed by atoms with Crippen LogP contribution in [0.1, 0.15) is 55.4 Å². The average Bonchev–Trinajstić information content (AvgIpc) is 2.62. The van der Waals surface area contributed by atoms with E-state index in [1.54, 1.807) is 0 Å². The highest BCUT2D eigenvalue weighted by molar-refractivity contribution is 5.69. The lowest BCUT2D eigenvalue weighted by molar-refractivity contribution is -0.140. The van der Waals surface area contributed by atoms with E-state index >= 15 is 0 Å². The summed E-state index contributed by atoms with van der Waals surface area (Å²) in [7, 11) is 0. The number of rotatable bonds is 8. The Balaban J connectivity index is 3.36.